The van der Waals surface area contributed by atoms with E-state index < -0.39 is 44.6 Å². The van der Waals surface area contributed by atoms with E-state index in [0.717, 1.165) is 6.07 Å². The second-order valence-electron chi connectivity index (χ2n) is 5.11. The van der Waals surface area contributed by atoms with Crippen LogP contribution in [0.25, 0.3) is 0 Å². The lowest BCUT2D eigenvalue weighted by Gasteiger charge is -2.38. The van der Waals surface area contributed by atoms with Gasteiger partial charge in [-0.15, -0.1) is 0 Å². The Hall–Kier alpha value is -2.00. The first-order chi connectivity index (χ1) is 9.58. The van der Waals surface area contributed by atoms with Gasteiger partial charge in [0.2, 0.25) is 21.8 Å². The lowest BCUT2D eigenvalue weighted by molar-refractivity contribution is -0.141. The summed E-state index contributed by atoms with van der Waals surface area (Å²) in [7, 11) is -4.45. The molecule has 1 saturated heterocycles. The molecule has 114 valence electrons. The van der Waals surface area contributed by atoms with Gasteiger partial charge >= 0.3 is 0 Å². The third kappa shape index (κ3) is 2.38. The van der Waals surface area contributed by atoms with E-state index in [0.29, 0.717) is 4.31 Å². The number of benzene rings is 1. The number of nitrogens with one attached hydrogen (secondary N) is 1. The van der Waals surface area contributed by atoms with Crippen LogP contribution in [0.1, 0.15) is 13.8 Å². The molecule has 21 heavy (non-hydrogen) atoms. The van der Waals surface area contributed by atoms with Gasteiger partial charge in [0.1, 0.15) is 16.3 Å². The van der Waals surface area contributed by atoms with E-state index in [1.165, 1.54) is 26.0 Å². The Bertz CT molecular complexity index is 710. The van der Waals surface area contributed by atoms with Crippen LogP contribution in [0.4, 0.5) is 10.1 Å². The van der Waals surface area contributed by atoms with Crippen LogP contribution in [-0.4, -0.2) is 36.6 Å². The fourth-order valence-corrected chi connectivity index (χ4v) is 3.93. The quantitative estimate of drug-likeness (QED) is 0.582. The molecular formula is C12H14FN3O4S. The van der Waals surface area contributed by atoms with Crippen LogP contribution in [0, 0.1) is 5.82 Å². The Labute approximate surface area is 121 Å². The van der Waals surface area contributed by atoms with Crippen LogP contribution in [0.15, 0.2) is 23.1 Å². The van der Waals surface area contributed by atoms with Gasteiger partial charge in [-0.05, 0) is 26.0 Å². The molecule has 1 heterocycles. The van der Waals surface area contributed by atoms with Crippen molar-refractivity contribution >= 4 is 27.5 Å². The summed E-state index contributed by atoms with van der Waals surface area (Å²) in [4.78, 5) is 22.5. The van der Waals surface area contributed by atoms with E-state index in [2.05, 4.69) is 0 Å². The zero-order valence-corrected chi connectivity index (χ0v) is 12.2. The largest absolute Gasteiger partial charge is 0.398 e. The highest BCUT2D eigenvalue weighted by Gasteiger charge is 2.48. The zero-order chi connectivity index (χ0) is 16.0. The topological polar surface area (TPSA) is 110 Å². The van der Waals surface area contributed by atoms with Gasteiger partial charge in [0.15, 0.2) is 0 Å². The highest BCUT2D eigenvalue weighted by atomic mass is 32.2. The molecule has 1 aromatic carbocycles. The van der Waals surface area contributed by atoms with Crippen LogP contribution in [0.3, 0.4) is 0 Å². The van der Waals surface area contributed by atoms with Gasteiger partial charge in [0.25, 0.3) is 0 Å². The average Bonchev–Trinajstić information content (AvgIpc) is 2.33. The molecule has 0 atom stereocenters. The van der Waals surface area contributed by atoms with Gasteiger partial charge in [-0.1, -0.05) is 6.07 Å². The second-order valence-corrected chi connectivity index (χ2v) is 6.91. The molecule has 0 bridgehead atoms. The summed E-state index contributed by atoms with van der Waals surface area (Å²) in [5.74, 6) is -2.60. The lowest BCUT2D eigenvalue weighted by atomic mass is 10.0. The summed E-state index contributed by atoms with van der Waals surface area (Å²) >= 11 is 0. The molecule has 1 aliphatic rings. The van der Waals surface area contributed by atoms with Crippen molar-refractivity contribution in [1.29, 1.82) is 0 Å². The summed E-state index contributed by atoms with van der Waals surface area (Å²) < 4.78 is 39.7. The predicted octanol–water partition coefficient (Wildman–Crippen LogP) is -0.166. The van der Waals surface area contributed by atoms with Crippen molar-refractivity contribution in [1.82, 2.24) is 9.62 Å². The molecule has 1 aliphatic heterocycles. The van der Waals surface area contributed by atoms with Crippen molar-refractivity contribution in [2.75, 3.05) is 12.3 Å². The maximum Gasteiger partial charge on any atom is 0.249 e. The summed E-state index contributed by atoms with van der Waals surface area (Å²) in [5, 5.41) is 2.04. The first-order valence-electron chi connectivity index (χ1n) is 5.99. The highest BCUT2D eigenvalue weighted by molar-refractivity contribution is 7.89. The van der Waals surface area contributed by atoms with E-state index in [9.17, 15) is 22.4 Å². The van der Waals surface area contributed by atoms with E-state index >= 15 is 0 Å². The second kappa shape index (κ2) is 4.78. The SMILES string of the molecule is CC1(C)C(=O)NC(=O)CN1S(=O)(=O)c1c(N)cccc1F. The number of nitrogens with two attached hydrogens (primary N) is 1. The van der Waals surface area contributed by atoms with Gasteiger partial charge in [0, 0.05) is 0 Å². The van der Waals surface area contributed by atoms with Gasteiger partial charge in [-0.25, -0.2) is 12.8 Å². The minimum atomic E-state index is -4.45. The first kappa shape index (κ1) is 15.4. The van der Waals surface area contributed by atoms with Gasteiger partial charge in [-0.3, -0.25) is 14.9 Å². The third-order valence-corrected chi connectivity index (χ3v) is 5.38. The lowest BCUT2D eigenvalue weighted by Crippen LogP contribution is -2.65. The molecule has 1 aromatic rings. The van der Waals surface area contributed by atoms with Crippen LogP contribution in [0.2, 0.25) is 0 Å². The van der Waals surface area contributed by atoms with Gasteiger partial charge in [0.05, 0.1) is 12.2 Å². The molecule has 0 saturated carbocycles. The Kier molecular flexibility index (Phi) is 3.50. The number of nitrogen functional groups attached to an aromatic ring is 1. The third-order valence-electron chi connectivity index (χ3n) is 3.26. The van der Waals surface area contributed by atoms with Crippen LogP contribution < -0.4 is 11.1 Å². The number of carbonyl (C=O) groups excluding carboxylic acids is 2. The number of hydrogen-bond acceptors (Lipinski definition) is 5. The molecule has 0 unspecified atom stereocenters. The smallest absolute Gasteiger partial charge is 0.249 e. The maximum absolute atomic E-state index is 13.9. The normalized spacial score (nSPS) is 19.4. The number of piperazine rings is 1. The molecule has 2 amide bonds. The van der Waals surface area contributed by atoms with Crippen LogP contribution in [-0.2, 0) is 19.6 Å². The molecule has 7 nitrogen and oxygen atoms in total. The summed E-state index contributed by atoms with van der Waals surface area (Å²) in [6.45, 7) is 2.06. The van der Waals surface area contributed by atoms with Crippen molar-refractivity contribution in [3.8, 4) is 0 Å². The van der Waals surface area contributed by atoms with Crippen LogP contribution in [0.5, 0.6) is 0 Å². The van der Waals surface area contributed by atoms with Crippen molar-refractivity contribution in [3.05, 3.63) is 24.0 Å². The minimum absolute atomic E-state index is 0.288. The number of hydrogen-bond donors (Lipinski definition) is 2. The Balaban J connectivity index is 2.63. The van der Waals surface area contributed by atoms with Crippen molar-refractivity contribution in [3.63, 3.8) is 0 Å². The Morgan fingerprint density at radius 3 is 2.52 bits per heavy atom. The molecule has 2 rings (SSSR count). The van der Waals surface area contributed by atoms with Crippen LogP contribution >= 0.6 is 0 Å². The molecule has 0 radical (unpaired) electrons. The van der Waals surface area contributed by atoms with E-state index in [1.807, 2.05) is 5.32 Å². The zero-order valence-electron chi connectivity index (χ0n) is 11.4. The monoisotopic (exact) mass is 315 g/mol. The number of anilines is 1. The number of carbonyl (C=O) groups is 2. The molecule has 3 N–H and O–H groups in total. The number of nitrogens with zero attached hydrogens (tertiary/aromatic N) is 1. The summed E-state index contributed by atoms with van der Waals surface area (Å²) in [6.07, 6.45) is 0. The molecule has 0 spiro atoms. The molecule has 0 aromatic heterocycles. The Morgan fingerprint density at radius 1 is 1.33 bits per heavy atom. The average molecular weight is 315 g/mol. The highest BCUT2D eigenvalue weighted by Crippen LogP contribution is 2.31. The molecule has 9 heteroatoms. The number of imide groups is 1. The number of sulfonamides is 1. The van der Waals surface area contributed by atoms with Crippen molar-refractivity contribution in [2.24, 2.45) is 0 Å². The van der Waals surface area contributed by atoms with E-state index in [4.69, 9.17) is 5.73 Å². The van der Waals surface area contributed by atoms with E-state index in [1.54, 1.807) is 0 Å². The predicted molar refractivity (Wildman–Crippen MR) is 71.9 cm³/mol. The van der Waals surface area contributed by atoms with Crippen molar-refractivity contribution in [2.45, 2.75) is 24.3 Å². The first-order valence-corrected chi connectivity index (χ1v) is 7.43. The Morgan fingerprint density at radius 2 is 1.95 bits per heavy atom. The standard InChI is InChI=1S/C12H14FN3O4S/c1-12(2)11(18)15-9(17)6-16(12)21(19,20)10-7(13)4-3-5-8(10)14/h3-5H,6,14H2,1-2H3,(H,15,17,18). The van der Waals surface area contributed by atoms with Gasteiger partial charge in [-0.2, -0.15) is 4.31 Å². The van der Waals surface area contributed by atoms with E-state index in [-0.39, 0.29) is 5.69 Å². The number of halogens is 1. The number of amides is 2. The molecule has 1 fully saturated rings. The fraction of sp³-hybridized carbons (Fsp3) is 0.333. The summed E-state index contributed by atoms with van der Waals surface area (Å²) in [6, 6.07) is 3.44. The van der Waals surface area contributed by atoms with Crippen molar-refractivity contribution < 1.29 is 22.4 Å². The maximum atomic E-state index is 13.9. The fourth-order valence-electron chi connectivity index (χ4n) is 2.05. The summed E-state index contributed by atoms with van der Waals surface area (Å²) in [5.41, 5.74) is 3.71. The minimum Gasteiger partial charge on any atom is -0.398 e. The molecular weight excluding hydrogens is 301 g/mol. The molecule has 0 aliphatic carbocycles. The van der Waals surface area contributed by atoms with Gasteiger partial charge < -0.3 is 5.73 Å². The number of rotatable bonds is 2.